The summed E-state index contributed by atoms with van der Waals surface area (Å²) in [7, 11) is 0. The third kappa shape index (κ3) is 6.31. The largest absolute Gasteiger partial charge is 0.435 e. The Morgan fingerprint density at radius 1 is 0.864 bits per heavy atom. The van der Waals surface area contributed by atoms with E-state index in [-0.39, 0.29) is 30.2 Å². The van der Waals surface area contributed by atoms with Crippen molar-refractivity contribution in [2.45, 2.75) is 37.0 Å². The molecule has 0 radical (unpaired) electrons. The van der Waals surface area contributed by atoms with Gasteiger partial charge in [-0.25, -0.2) is 13.8 Å². The Hall–Kier alpha value is -4.31. The molecule has 1 aliphatic rings. The van der Waals surface area contributed by atoms with Gasteiger partial charge in [0.1, 0.15) is 0 Å². The van der Waals surface area contributed by atoms with Crippen molar-refractivity contribution in [2.75, 3.05) is 16.8 Å². The van der Waals surface area contributed by atoms with Crippen molar-refractivity contribution in [3.63, 3.8) is 0 Å². The van der Waals surface area contributed by atoms with Crippen LogP contribution in [0, 0.1) is 17.7 Å². The number of aromatic nitrogens is 1. The van der Waals surface area contributed by atoms with Gasteiger partial charge in [0.2, 0.25) is 5.95 Å². The average molecular weight is 643 g/mol. The summed E-state index contributed by atoms with van der Waals surface area (Å²) in [6.45, 7) is -0.0894. The highest BCUT2D eigenvalue weighted by Crippen LogP contribution is 2.54. The van der Waals surface area contributed by atoms with Gasteiger partial charge < -0.3 is 10.2 Å². The summed E-state index contributed by atoms with van der Waals surface area (Å²) in [6, 6.07) is 3.73. The first-order chi connectivity index (χ1) is 20.3. The summed E-state index contributed by atoms with van der Waals surface area (Å²) in [5, 5.41) is 1.57. The van der Waals surface area contributed by atoms with Crippen LogP contribution < -0.4 is 10.2 Å². The van der Waals surface area contributed by atoms with Crippen molar-refractivity contribution in [1.29, 1.82) is 0 Å². The van der Waals surface area contributed by atoms with Crippen molar-refractivity contribution < 1.29 is 62.3 Å². The van der Waals surface area contributed by atoms with Crippen molar-refractivity contribution in [3.8, 4) is 0 Å². The maximum absolute atomic E-state index is 15.7. The Labute approximate surface area is 239 Å². The Morgan fingerprint density at radius 2 is 1.50 bits per heavy atom. The van der Waals surface area contributed by atoms with Crippen LogP contribution in [-0.2, 0) is 11.8 Å². The number of anilines is 2. The predicted molar refractivity (Wildman–Crippen MR) is 129 cm³/mol. The number of hydrogen-bond acceptors (Lipinski definition) is 3. The number of rotatable bonds is 7. The molecule has 1 heterocycles. The minimum Gasteiger partial charge on any atom is -0.321 e. The smallest absolute Gasteiger partial charge is 0.321 e. The number of nitrogens with one attached hydrogen (secondary N) is 1. The van der Waals surface area contributed by atoms with Crippen molar-refractivity contribution in [2.24, 2.45) is 5.92 Å². The molecule has 0 aliphatic heterocycles. The zero-order valence-electron chi connectivity index (χ0n) is 21.6. The number of hydrogen-bond donors (Lipinski definition) is 1. The molecule has 3 aromatic rings. The number of benzene rings is 2. The van der Waals surface area contributed by atoms with E-state index in [1.165, 1.54) is 0 Å². The van der Waals surface area contributed by atoms with E-state index < -0.39 is 81.9 Å². The van der Waals surface area contributed by atoms with E-state index in [0.29, 0.717) is 12.8 Å². The van der Waals surface area contributed by atoms with Gasteiger partial charge in [-0.3, -0.25) is 9.59 Å². The van der Waals surface area contributed by atoms with Crippen LogP contribution in [0.5, 0.6) is 0 Å². The molecule has 1 N–H and O–H groups in total. The summed E-state index contributed by atoms with van der Waals surface area (Å²) < 4.78 is 164. The highest BCUT2D eigenvalue weighted by molar-refractivity contribution is 6.09. The van der Waals surface area contributed by atoms with E-state index in [0.717, 1.165) is 41.4 Å². The number of pyridine rings is 1. The van der Waals surface area contributed by atoms with Gasteiger partial charge in [0.15, 0.2) is 5.82 Å². The lowest BCUT2D eigenvalue weighted by atomic mass is 9.92. The third-order valence-electron chi connectivity index (χ3n) is 6.62. The summed E-state index contributed by atoms with van der Waals surface area (Å²) in [4.78, 5) is 30.2. The van der Waals surface area contributed by atoms with Gasteiger partial charge in [0, 0.05) is 29.9 Å². The molecule has 0 atom stereocenters. The lowest BCUT2D eigenvalue weighted by Gasteiger charge is -2.31. The highest BCUT2D eigenvalue weighted by Gasteiger charge is 2.73. The zero-order valence-corrected chi connectivity index (χ0v) is 21.6. The van der Waals surface area contributed by atoms with E-state index in [9.17, 15) is 57.9 Å². The molecule has 5 nitrogen and oxygen atoms in total. The Bertz CT molecular complexity index is 1570. The lowest BCUT2D eigenvalue weighted by Crippen LogP contribution is -2.50. The second kappa shape index (κ2) is 11.3. The van der Waals surface area contributed by atoms with Crippen molar-refractivity contribution in [1.82, 2.24) is 4.98 Å². The lowest BCUT2D eigenvalue weighted by molar-refractivity contribution is -0.348. The quantitative estimate of drug-likeness (QED) is 0.210. The van der Waals surface area contributed by atoms with E-state index in [4.69, 9.17) is 0 Å². The van der Waals surface area contributed by atoms with Gasteiger partial charge in [-0.15, -0.1) is 0 Å². The molecular formula is C27H17F12N3O2. The first kappa shape index (κ1) is 32.6. The third-order valence-corrected chi connectivity index (χ3v) is 6.62. The number of halogens is 12. The van der Waals surface area contributed by atoms with Gasteiger partial charge in [-0.05, 0) is 49.1 Å². The second-order valence-electron chi connectivity index (χ2n) is 9.73. The normalized spacial score (nSPS) is 14.4. The molecule has 2 amide bonds. The van der Waals surface area contributed by atoms with Crippen LogP contribution in [0.4, 0.5) is 64.1 Å². The number of alkyl halides is 10. The van der Waals surface area contributed by atoms with Crippen LogP contribution in [0.25, 0.3) is 0 Å². The molecule has 1 aromatic heterocycles. The zero-order chi connectivity index (χ0) is 32.8. The Kier molecular flexibility index (Phi) is 8.38. The van der Waals surface area contributed by atoms with E-state index in [1.54, 1.807) is 5.32 Å². The Morgan fingerprint density at radius 3 is 2.05 bits per heavy atom. The fraction of sp³-hybridized carbons (Fsp3) is 0.296. The van der Waals surface area contributed by atoms with Crippen LogP contribution in [0.1, 0.15) is 44.7 Å². The standard InChI is InChI=1S/C27H17F12N3O2/c28-20-10-14(8-9-40-20)23(44)42(12-13-4-5-13)19-3-1-2-16(21(19)29)22(43)41-18-7-6-15(11-17(18)25(31,32)33)24(30,26(34,35)36)27(37,38)39/h1-3,6-11,13H,4-5,12H2,(H,41,43). The fourth-order valence-corrected chi connectivity index (χ4v) is 4.22. The van der Waals surface area contributed by atoms with Crippen LogP contribution >= 0.6 is 0 Å². The molecule has 1 saturated carbocycles. The van der Waals surface area contributed by atoms with Crippen LogP contribution in [0.3, 0.4) is 0 Å². The van der Waals surface area contributed by atoms with Gasteiger partial charge >= 0.3 is 24.2 Å². The predicted octanol–water partition coefficient (Wildman–Crippen LogP) is 7.98. The number of carbonyl (C=O) groups excluding carboxylic acids is 2. The number of nitrogens with zero attached hydrogens (tertiary/aromatic N) is 2. The van der Waals surface area contributed by atoms with Gasteiger partial charge in [-0.1, -0.05) is 12.1 Å². The summed E-state index contributed by atoms with van der Waals surface area (Å²) in [5.74, 6) is -5.11. The maximum Gasteiger partial charge on any atom is 0.435 e. The first-order valence-electron chi connectivity index (χ1n) is 12.3. The molecule has 44 heavy (non-hydrogen) atoms. The first-order valence-corrected chi connectivity index (χ1v) is 12.3. The molecule has 0 spiro atoms. The van der Waals surface area contributed by atoms with Crippen molar-refractivity contribution >= 4 is 23.2 Å². The highest BCUT2D eigenvalue weighted by atomic mass is 19.4. The molecule has 4 rings (SSSR count). The molecule has 17 heteroatoms. The molecular weight excluding hydrogens is 626 g/mol. The molecule has 0 bridgehead atoms. The maximum atomic E-state index is 15.7. The summed E-state index contributed by atoms with van der Waals surface area (Å²) in [5.41, 5.74) is -14.1. The number of carbonyl (C=O) groups is 2. The van der Waals surface area contributed by atoms with Crippen molar-refractivity contribution in [3.05, 3.63) is 88.7 Å². The Balaban J connectivity index is 1.73. The summed E-state index contributed by atoms with van der Waals surface area (Å²) in [6.07, 6.45) is -16.9. The minimum atomic E-state index is -6.71. The van der Waals surface area contributed by atoms with E-state index in [1.807, 2.05) is 0 Å². The molecule has 1 aliphatic carbocycles. The molecule has 0 unspecified atom stereocenters. The topological polar surface area (TPSA) is 62.3 Å². The number of amides is 2. The van der Waals surface area contributed by atoms with E-state index >= 15 is 4.39 Å². The monoisotopic (exact) mass is 643 g/mol. The minimum absolute atomic E-state index is 0.0372. The molecule has 236 valence electrons. The average Bonchev–Trinajstić information content (AvgIpc) is 3.74. The molecule has 0 saturated heterocycles. The van der Waals surface area contributed by atoms with Gasteiger partial charge in [-0.2, -0.15) is 43.9 Å². The fourth-order valence-electron chi connectivity index (χ4n) is 4.22. The van der Waals surface area contributed by atoms with Crippen LogP contribution in [0.15, 0.2) is 54.7 Å². The summed E-state index contributed by atoms with van der Waals surface area (Å²) >= 11 is 0. The SMILES string of the molecule is O=C(Nc1ccc(C(F)(C(F)(F)F)C(F)(F)F)cc1C(F)(F)F)c1cccc(N(CC2CC2)C(=O)c2ccnc(F)c2)c1F. The van der Waals surface area contributed by atoms with Crippen LogP contribution in [0.2, 0.25) is 0 Å². The van der Waals surface area contributed by atoms with Gasteiger partial charge in [0.25, 0.3) is 11.8 Å². The molecule has 2 aromatic carbocycles. The second-order valence-corrected chi connectivity index (χ2v) is 9.73. The molecule has 1 fully saturated rings. The van der Waals surface area contributed by atoms with E-state index in [2.05, 4.69) is 4.98 Å². The van der Waals surface area contributed by atoms with Crippen LogP contribution in [-0.4, -0.2) is 35.7 Å². The van der Waals surface area contributed by atoms with Gasteiger partial charge in [0.05, 0.1) is 22.5 Å².